The van der Waals surface area contributed by atoms with Crippen molar-refractivity contribution in [2.24, 2.45) is 0 Å². The molecule has 0 aromatic carbocycles. The summed E-state index contributed by atoms with van der Waals surface area (Å²) < 4.78 is 5.68. The van der Waals surface area contributed by atoms with Crippen molar-refractivity contribution in [3.8, 4) is 0 Å². The molecule has 1 amide bonds. The lowest BCUT2D eigenvalue weighted by molar-refractivity contribution is 0.0950. The number of aromatic nitrogens is 6. The molecule has 1 aliphatic carbocycles. The summed E-state index contributed by atoms with van der Waals surface area (Å²) in [5.41, 5.74) is 6.35. The highest BCUT2D eigenvalue weighted by molar-refractivity contribution is 6.30. The van der Waals surface area contributed by atoms with Crippen LogP contribution in [0.4, 0.5) is 0 Å². The molecule has 6 rings (SSSR count). The molecule has 1 saturated carbocycles. The number of hydrogen-bond donors (Lipinski definition) is 2. The Morgan fingerprint density at radius 1 is 1.19 bits per heavy atom. The van der Waals surface area contributed by atoms with E-state index in [-0.39, 0.29) is 19.1 Å². The Bertz CT molecular complexity index is 1560. The first-order valence-electron chi connectivity index (χ1n) is 12.1. The molecule has 9 nitrogen and oxygen atoms in total. The summed E-state index contributed by atoms with van der Waals surface area (Å²) in [5.74, 6) is 0.414. The van der Waals surface area contributed by atoms with Gasteiger partial charge in [-0.3, -0.25) is 9.48 Å². The molecule has 2 N–H and O–H groups in total. The van der Waals surface area contributed by atoms with Crippen LogP contribution in [0.25, 0.3) is 11.2 Å². The molecule has 5 aromatic heterocycles. The molecular weight excluding hydrogens is 478 g/mol. The SMILES string of the molecule is O=C(NCc1ncn2ccc(Cl)cc12)c1cnn(Cc2cn3cc(C4CC4)cc(CCCO)c3n2)c1. The molecular formula is C26H26ClN7O2. The lowest BCUT2D eigenvalue weighted by atomic mass is 10.1. The van der Waals surface area contributed by atoms with Gasteiger partial charge in [0.2, 0.25) is 0 Å². The van der Waals surface area contributed by atoms with Crippen LogP contribution >= 0.6 is 11.6 Å². The number of amides is 1. The van der Waals surface area contributed by atoms with E-state index in [0.29, 0.717) is 29.5 Å². The van der Waals surface area contributed by atoms with Crippen LogP contribution in [0.3, 0.4) is 0 Å². The van der Waals surface area contributed by atoms with Gasteiger partial charge in [-0.15, -0.1) is 0 Å². The average molecular weight is 504 g/mol. The summed E-state index contributed by atoms with van der Waals surface area (Å²) in [6.45, 7) is 0.904. The summed E-state index contributed by atoms with van der Waals surface area (Å²) in [4.78, 5) is 22.0. The largest absolute Gasteiger partial charge is 0.396 e. The number of carbonyl (C=O) groups is 1. The van der Waals surface area contributed by atoms with Gasteiger partial charge in [-0.2, -0.15) is 5.10 Å². The third-order valence-corrected chi connectivity index (χ3v) is 6.80. The van der Waals surface area contributed by atoms with Crippen LogP contribution in [0.5, 0.6) is 0 Å². The van der Waals surface area contributed by atoms with E-state index in [2.05, 4.69) is 32.1 Å². The molecule has 0 atom stereocenters. The highest BCUT2D eigenvalue weighted by Gasteiger charge is 2.25. The van der Waals surface area contributed by atoms with Crippen molar-refractivity contribution < 1.29 is 9.90 Å². The number of nitrogens with one attached hydrogen (secondary N) is 1. The molecule has 0 radical (unpaired) electrons. The number of halogens is 1. The van der Waals surface area contributed by atoms with Gasteiger partial charge < -0.3 is 19.2 Å². The van der Waals surface area contributed by atoms with Crippen molar-refractivity contribution in [3.63, 3.8) is 0 Å². The molecule has 0 spiro atoms. The lowest BCUT2D eigenvalue weighted by Crippen LogP contribution is -2.22. The molecule has 36 heavy (non-hydrogen) atoms. The van der Waals surface area contributed by atoms with Crippen molar-refractivity contribution in [1.29, 1.82) is 0 Å². The first kappa shape index (κ1) is 22.8. The van der Waals surface area contributed by atoms with Crippen molar-refractivity contribution >= 4 is 28.7 Å². The smallest absolute Gasteiger partial charge is 0.254 e. The summed E-state index contributed by atoms with van der Waals surface area (Å²) in [5, 5.41) is 17.2. The molecule has 0 aliphatic heterocycles. The van der Waals surface area contributed by atoms with E-state index < -0.39 is 0 Å². The predicted octanol–water partition coefficient (Wildman–Crippen LogP) is 3.61. The summed E-state index contributed by atoms with van der Waals surface area (Å²) in [6.07, 6.45) is 15.0. The fourth-order valence-electron chi connectivity index (χ4n) is 4.57. The standard InChI is InChI=1S/C26H26ClN7O2/c27-21-5-6-32-16-29-23(24(32)9-21)11-28-26(36)20-10-30-34(13-20)15-22-14-33-12-19(17-3-4-17)8-18(2-1-7-35)25(33)31-22/h5-6,8-10,12-14,16-17,35H,1-4,7,11,15H2,(H,28,36). The number of rotatable bonds is 9. The normalized spacial score (nSPS) is 13.6. The molecule has 5 heterocycles. The zero-order valence-electron chi connectivity index (χ0n) is 19.6. The van der Waals surface area contributed by atoms with Gasteiger partial charge in [0.25, 0.3) is 5.91 Å². The molecule has 10 heteroatoms. The quantitative estimate of drug-likeness (QED) is 0.320. The summed E-state index contributed by atoms with van der Waals surface area (Å²) >= 11 is 6.10. The van der Waals surface area contributed by atoms with Crippen molar-refractivity contribution in [3.05, 3.63) is 88.6 Å². The highest BCUT2D eigenvalue weighted by Crippen LogP contribution is 2.40. The van der Waals surface area contributed by atoms with Crippen LogP contribution in [0.15, 0.2) is 55.5 Å². The fraction of sp³-hybridized carbons (Fsp3) is 0.308. The summed E-state index contributed by atoms with van der Waals surface area (Å²) in [7, 11) is 0. The Kier molecular flexibility index (Phi) is 5.94. The number of aliphatic hydroxyl groups excluding tert-OH is 1. The lowest BCUT2D eigenvalue weighted by Gasteiger charge is -2.07. The molecule has 0 saturated heterocycles. The second-order valence-corrected chi connectivity index (χ2v) is 9.74. The van der Waals surface area contributed by atoms with E-state index in [0.717, 1.165) is 34.5 Å². The number of imidazole rings is 2. The van der Waals surface area contributed by atoms with E-state index in [9.17, 15) is 9.90 Å². The van der Waals surface area contributed by atoms with Crippen LogP contribution in [0.2, 0.25) is 5.02 Å². The van der Waals surface area contributed by atoms with Gasteiger partial charge in [-0.05, 0) is 54.9 Å². The van der Waals surface area contributed by atoms with E-state index in [1.807, 2.05) is 22.9 Å². The number of fused-ring (bicyclic) bond motifs is 2. The maximum atomic E-state index is 12.7. The Labute approximate surface area is 212 Å². The second kappa shape index (κ2) is 9.40. The number of hydrogen-bond acceptors (Lipinski definition) is 5. The minimum Gasteiger partial charge on any atom is -0.396 e. The summed E-state index contributed by atoms with van der Waals surface area (Å²) in [6, 6.07) is 5.86. The predicted molar refractivity (Wildman–Crippen MR) is 135 cm³/mol. The van der Waals surface area contributed by atoms with Crippen LogP contribution in [0, 0.1) is 0 Å². The molecule has 1 fully saturated rings. The first-order valence-corrected chi connectivity index (χ1v) is 12.5. The van der Waals surface area contributed by atoms with Crippen LogP contribution in [-0.4, -0.2) is 46.2 Å². The van der Waals surface area contributed by atoms with Crippen LogP contribution < -0.4 is 5.32 Å². The zero-order chi connectivity index (χ0) is 24.6. The van der Waals surface area contributed by atoms with Crippen LogP contribution in [0.1, 0.15) is 58.1 Å². The zero-order valence-corrected chi connectivity index (χ0v) is 20.4. The van der Waals surface area contributed by atoms with Crippen molar-refractivity contribution in [2.45, 2.75) is 44.7 Å². The highest BCUT2D eigenvalue weighted by atomic mass is 35.5. The molecule has 0 bridgehead atoms. The first-order chi connectivity index (χ1) is 17.6. The maximum Gasteiger partial charge on any atom is 0.254 e. The van der Waals surface area contributed by atoms with Crippen molar-refractivity contribution in [1.82, 2.24) is 33.9 Å². The van der Waals surface area contributed by atoms with Crippen LogP contribution in [-0.2, 0) is 19.5 Å². The Morgan fingerprint density at radius 2 is 2.08 bits per heavy atom. The molecule has 1 aliphatic rings. The Balaban J connectivity index is 1.16. The van der Waals surface area contributed by atoms with Crippen molar-refractivity contribution in [2.75, 3.05) is 6.61 Å². The topological polar surface area (TPSA) is 102 Å². The minimum atomic E-state index is -0.222. The van der Waals surface area contributed by atoms with Gasteiger partial charge in [-0.25, -0.2) is 9.97 Å². The number of nitrogens with zero attached hydrogens (tertiary/aromatic N) is 6. The third-order valence-electron chi connectivity index (χ3n) is 6.57. The second-order valence-electron chi connectivity index (χ2n) is 9.30. The van der Waals surface area contributed by atoms with Gasteiger partial charge in [0, 0.05) is 36.4 Å². The third kappa shape index (κ3) is 4.59. The van der Waals surface area contributed by atoms with Gasteiger partial charge in [0.15, 0.2) is 0 Å². The van der Waals surface area contributed by atoms with Gasteiger partial charge >= 0.3 is 0 Å². The van der Waals surface area contributed by atoms with Gasteiger partial charge in [0.05, 0.1) is 48.1 Å². The minimum absolute atomic E-state index is 0.163. The van der Waals surface area contributed by atoms with E-state index in [1.165, 1.54) is 18.4 Å². The molecule has 184 valence electrons. The number of aryl methyl sites for hydroxylation is 1. The van der Waals surface area contributed by atoms with Gasteiger partial charge in [0.1, 0.15) is 5.65 Å². The number of carbonyl (C=O) groups excluding carboxylic acids is 1. The fourth-order valence-corrected chi connectivity index (χ4v) is 4.72. The monoisotopic (exact) mass is 503 g/mol. The Morgan fingerprint density at radius 3 is 2.92 bits per heavy atom. The number of pyridine rings is 2. The van der Waals surface area contributed by atoms with E-state index >= 15 is 0 Å². The maximum absolute atomic E-state index is 12.7. The van der Waals surface area contributed by atoms with Gasteiger partial charge in [-0.1, -0.05) is 17.7 Å². The van der Waals surface area contributed by atoms with E-state index in [1.54, 1.807) is 29.5 Å². The number of aliphatic hydroxyl groups is 1. The Hall–Kier alpha value is -3.69. The molecule has 5 aromatic rings. The average Bonchev–Trinajstić information content (AvgIpc) is 3.29. The molecule has 0 unspecified atom stereocenters. The van der Waals surface area contributed by atoms with E-state index in [4.69, 9.17) is 16.6 Å².